The van der Waals surface area contributed by atoms with Crippen molar-refractivity contribution in [1.29, 1.82) is 0 Å². The molecule has 150 valence electrons. The Morgan fingerprint density at radius 2 is 2.11 bits per heavy atom. The summed E-state index contributed by atoms with van der Waals surface area (Å²) < 4.78 is 6.50. The lowest BCUT2D eigenvalue weighted by Gasteiger charge is -2.47. The van der Waals surface area contributed by atoms with Gasteiger partial charge < -0.3 is 14.8 Å². The first-order valence-corrected chi connectivity index (χ1v) is 10.5. The van der Waals surface area contributed by atoms with Gasteiger partial charge in [0, 0.05) is 29.8 Å². The standard InChI is InChI=1S/C24H32N2O2/c1-6-9-23(2,3)16-13-19(27)21-17-12-15(22-25-10-11-26-22)7-8-18(17)24(4,5)28-20(21)14-16/h7,10-11,13-14,17-18,27H,6,8-9,12H2,1-5H3,(H,25,26)/t17-,18-/m1/s1. The fraction of sp³-hybridized carbons (Fsp3) is 0.542. The molecule has 0 saturated heterocycles. The molecule has 0 spiro atoms. The molecular weight excluding hydrogens is 348 g/mol. The van der Waals surface area contributed by atoms with Crippen LogP contribution in [-0.4, -0.2) is 20.7 Å². The van der Waals surface area contributed by atoms with E-state index in [4.69, 9.17) is 4.74 Å². The molecule has 2 atom stereocenters. The lowest BCUT2D eigenvalue weighted by Crippen LogP contribution is -2.45. The Labute approximate surface area is 168 Å². The number of hydrogen-bond donors (Lipinski definition) is 2. The Kier molecular flexibility index (Phi) is 4.56. The molecule has 28 heavy (non-hydrogen) atoms. The van der Waals surface area contributed by atoms with Gasteiger partial charge in [-0.25, -0.2) is 4.98 Å². The van der Waals surface area contributed by atoms with Crippen LogP contribution in [0.5, 0.6) is 11.5 Å². The van der Waals surface area contributed by atoms with Gasteiger partial charge in [0.15, 0.2) is 0 Å². The maximum atomic E-state index is 11.1. The first kappa shape index (κ1) is 19.1. The Balaban J connectivity index is 1.78. The number of allylic oxidation sites excluding steroid dienone is 2. The zero-order valence-electron chi connectivity index (χ0n) is 17.7. The summed E-state index contributed by atoms with van der Waals surface area (Å²) in [5.74, 6) is 2.73. The number of nitrogens with one attached hydrogen (secondary N) is 1. The molecule has 1 aromatic carbocycles. The van der Waals surface area contributed by atoms with E-state index in [1.165, 1.54) is 5.57 Å². The Morgan fingerprint density at radius 1 is 1.32 bits per heavy atom. The quantitative estimate of drug-likeness (QED) is 0.690. The summed E-state index contributed by atoms with van der Waals surface area (Å²) in [6.07, 6.45) is 9.92. The van der Waals surface area contributed by atoms with Crippen LogP contribution in [0.15, 0.2) is 30.6 Å². The molecule has 1 aromatic heterocycles. The topological polar surface area (TPSA) is 58.1 Å². The van der Waals surface area contributed by atoms with Crippen LogP contribution >= 0.6 is 0 Å². The molecule has 2 N–H and O–H groups in total. The SMILES string of the molecule is CCCC(C)(C)c1cc(O)c2c(c1)OC(C)(C)[C@@H]1CC=C(c3ncc[nH]3)C[C@@H]21. The minimum absolute atomic E-state index is 0.0113. The van der Waals surface area contributed by atoms with E-state index in [1.54, 1.807) is 6.20 Å². The molecule has 1 aliphatic heterocycles. The number of ether oxygens (including phenoxy) is 1. The van der Waals surface area contributed by atoms with Crippen molar-refractivity contribution >= 4 is 5.57 Å². The minimum atomic E-state index is -0.275. The highest BCUT2D eigenvalue weighted by molar-refractivity contribution is 5.64. The van der Waals surface area contributed by atoms with E-state index in [-0.39, 0.29) is 16.9 Å². The van der Waals surface area contributed by atoms with Crippen molar-refractivity contribution < 1.29 is 9.84 Å². The van der Waals surface area contributed by atoms with Gasteiger partial charge in [0.2, 0.25) is 0 Å². The highest BCUT2D eigenvalue weighted by atomic mass is 16.5. The smallest absolute Gasteiger partial charge is 0.132 e. The lowest BCUT2D eigenvalue weighted by atomic mass is 9.66. The monoisotopic (exact) mass is 380 g/mol. The van der Waals surface area contributed by atoms with Crippen molar-refractivity contribution in [2.45, 2.75) is 77.2 Å². The predicted molar refractivity (Wildman–Crippen MR) is 113 cm³/mol. The fourth-order valence-corrected chi connectivity index (χ4v) is 5.19. The molecule has 0 fully saturated rings. The number of fused-ring (bicyclic) bond motifs is 3. The van der Waals surface area contributed by atoms with Gasteiger partial charge in [-0.1, -0.05) is 33.3 Å². The van der Waals surface area contributed by atoms with Crippen LogP contribution in [-0.2, 0) is 5.41 Å². The summed E-state index contributed by atoms with van der Waals surface area (Å²) in [5.41, 5.74) is 3.08. The highest BCUT2D eigenvalue weighted by Gasteiger charge is 2.46. The molecule has 2 heterocycles. The predicted octanol–water partition coefficient (Wildman–Crippen LogP) is 5.94. The summed E-state index contributed by atoms with van der Waals surface area (Å²) in [5, 5.41) is 11.1. The second kappa shape index (κ2) is 6.68. The summed E-state index contributed by atoms with van der Waals surface area (Å²) >= 11 is 0. The molecular formula is C24H32N2O2. The van der Waals surface area contributed by atoms with E-state index in [0.717, 1.165) is 48.4 Å². The number of benzene rings is 1. The van der Waals surface area contributed by atoms with Gasteiger partial charge in [0.25, 0.3) is 0 Å². The van der Waals surface area contributed by atoms with Crippen LogP contribution in [0.3, 0.4) is 0 Å². The molecule has 4 heteroatoms. The van der Waals surface area contributed by atoms with Crippen LogP contribution in [0.25, 0.3) is 5.57 Å². The summed E-state index contributed by atoms with van der Waals surface area (Å²) in [4.78, 5) is 7.67. The van der Waals surface area contributed by atoms with Crippen molar-refractivity contribution in [3.05, 3.63) is 47.6 Å². The number of imidazole rings is 1. The number of hydrogen-bond acceptors (Lipinski definition) is 3. The zero-order valence-corrected chi connectivity index (χ0v) is 17.7. The van der Waals surface area contributed by atoms with E-state index >= 15 is 0 Å². The average Bonchev–Trinajstić information content (AvgIpc) is 3.15. The molecule has 2 aromatic rings. The first-order valence-electron chi connectivity index (χ1n) is 10.5. The minimum Gasteiger partial charge on any atom is -0.508 e. The van der Waals surface area contributed by atoms with E-state index in [2.05, 4.69) is 56.7 Å². The molecule has 0 radical (unpaired) electrons. The van der Waals surface area contributed by atoms with Crippen molar-refractivity contribution in [3.63, 3.8) is 0 Å². The number of aromatic nitrogens is 2. The fourth-order valence-electron chi connectivity index (χ4n) is 5.19. The van der Waals surface area contributed by atoms with Gasteiger partial charge in [0.1, 0.15) is 22.9 Å². The maximum Gasteiger partial charge on any atom is 0.132 e. The van der Waals surface area contributed by atoms with E-state index in [9.17, 15) is 5.11 Å². The Hall–Kier alpha value is -2.23. The summed E-state index contributed by atoms with van der Waals surface area (Å²) in [7, 11) is 0. The van der Waals surface area contributed by atoms with E-state index in [1.807, 2.05) is 12.3 Å². The molecule has 0 saturated carbocycles. The van der Waals surface area contributed by atoms with Crippen molar-refractivity contribution in [2.24, 2.45) is 5.92 Å². The largest absolute Gasteiger partial charge is 0.508 e. The normalized spacial score (nSPS) is 23.4. The van der Waals surface area contributed by atoms with Gasteiger partial charge in [-0.05, 0) is 61.8 Å². The molecule has 0 unspecified atom stereocenters. The van der Waals surface area contributed by atoms with Gasteiger partial charge in [0.05, 0.1) is 0 Å². The van der Waals surface area contributed by atoms with E-state index in [0.29, 0.717) is 11.7 Å². The molecule has 1 aliphatic carbocycles. The van der Waals surface area contributed by atoms with Crippen molar-refractivity contribution in [2.75, 3.05) is 0 Å². The van der Waals surface area contributed by atoms with Crippen LogP contribution < -0.4 is 4.74 Å². The summed E-state index contributed by atoms with van der Waals surface area (Å²) in [6.45, 7) is 11.1. The Morgan fingerprint density at radius 3 is 2.79 bits per heavy atom. The molecule has 0 bridgehead atoms. The van der Waals surface area contributed by atoms with Crippen molar-refractivity contribution in [1.82, 2.24) is 9.97 Å². The summed E-state index contributed by atoms with van der Waals surface area (Å²) in [6, 6.07) is 4.14. The lowest BCUT2D eigenvalue weighted by molar-refractivity contribution is 0.00906. The van der Waals surface area contributed by atoms with Crippen LogP contribution in [0, 0.1) is 5.92 Å². The number of aromatic hydroxyl groups is 1. The maximum absolute atomic E-state index is 11.1. The number of aromatic amines is 1. The number of phenolic OH excluding ortho intramolecular Hbond substituents is 1. The third-order valence-electron chi connectivity index (χ3n) is 6.76. The number of phenols is 1. The number of rotatable bonds is 4. The third-order valence-corrected chi connectivity index (χ3v) is 6.76. The zero-order chi connectivity index (χ0) is 20.1. The Bertz CT molecular complexity index is 894. The van der Waals surface area contributed by atoms with Crippen LogP contribution in [0.1, 0.15) is 83.2 Å². The van der Waals surface area contributed by atoms with Crippen LogP contribution in [0.2, 0.25) is 0 Å². The third kappa shape index (κ3) is 3.13. The number of nitrogens with zero attached hydrogens (tertiary/aromatic N) is 1. The van der Waals surface area contributed by atoms with Gasteiger partial charge in [-0.3, -0.25) is 0 Å². The molecule has 0 amide bonds. The van der Waals surface area contributed by atoms with Gasteiger partial charge >= 0.3 is 0 Å². The first-order chi connectivity index (χ1) is 13.2. The molecule has 4 rings (SSSR count). The average molecular weight is 381 g/mol. The van der Waals surface area contributed by atoms with Crippen molar-refractivity contribution in [3.8, 4) is 11.5 Å². The van der Waals surface area contributed by atoms with E-state index < -0.39 is 0 Å². The van der Waals surface area contributed by atoms with Crippen LogP contribution in [0.4, 0.5) is 0 Å². The molecule has 2 aliphatic rings. The number of H-pyrrole nitrogens is 1. The van der Waals surface area contributed by atoms with Gasteiger partial charge in [-0.2, -0.15) is 0 Å². The second-order valence-electron chi connectivity index (χ2n) is 9.57. The molecule has 4 nitrogen and oxygen atoms in total. The highest BCUT2D eigenvalue weighted by Crippen LogP contribution is 2.55. The second-order valence-corrected chi connectivity index (χ2v) is 9.57. The van der Waals surface area contributed by atoms with Gasteiger partial charge in [-0.15, -0.1) is 0 Å².